The van der Waals surface area contributed by atoms with Crippen molar-refractivity contribution in [3.05, 3.63) is 64.9 Å². The maximum absolute atomic E-state index is 14.2. The molecule has 2 aromatic rings. The van der Waals surface area contributed by atoms with Gasteiger partial charge in [-0.15, -0.1) is 0 Å². The second-order valence-corrected chi connectivity index (χ2v) is 5.70. The van der Waals surface area contributed by atoms with Crippen molar-refractivity contribution in [2.24, 2.45) is 10.8 Å². The minimum atomic E-state index is -0.212. The SMILES string of the molecule is NCCC1=NN(c2ccc(Cl)cc2)C(c2ccccc2F)C1. The molecule has 0 amide bonds. The van der Waals surface area contributed by atoms with Crippen molar-refractivity contribution < 1.29 is 4.39 Å². The Labute approximate surface area is 134 Å². The molecule has 3 nitrogen and oxygen atoms in total. The van der Waals surface area contributed by atoms with Gasteiger partial charge in [0.05, 0.1) is 11.7 Å². The van der Waals surface area contributed by atoms with E-state index in [1.807, 2.05) is 41.4 Å². The fourth-order valence-electron chi connectivity index (χ4n) is 2.71. The van der Waals surface area contributed by atoms with Gasteiger partial charge in [0.25, 0.3) is 0 Å². The molecule has 3 rings (SSSR count). The first kappa shape index (κ1) is 15.0. The molecule has 22 heavy (non-hydrogen) atoms. The van der Waals surface area contributed by atoms with Gasteiger partial charge in [0.1, 0.15) is 5.82 Å². The van der Waals surface area contributed by atoms with Crippen LogP contribution in [0.15, 0.2) is 53.6 Å². The minimum absolute atomic E-state index is 0.149. The molecule has 0 radical (unpaired) electrons. The van der Waals surface area contributed by atoms with Crippen molar-refractivity contribution in [3.8, 4) is 0 Å². The number of nitrogens with two attached hydrogens (primary N) is 1. The lowest BCUT2D eigenvalue weighted by Crippen LogP contribution is -2.19. The summed E-state index contributed by atoms with van der Waals surface area (Å²) >= 11 is 5.94. The quantitative estimate of drug-likeness (QED) is 0.921. The van der Waals surface area contributed by atoms with E-state index in [1.165, 1.54) is 6.07 Å². The standard InChI is InChI=1S/C17H17ClFN3/c18-12-5-7-14(8-6-12)22-17(11-13(21-22)9-10-20)15-3-1-2-4-16(15)19/h1-8,17H,9-11,20H2. The van der Waals surface area contributed by atoms with E-state index in [0.717, 1.165) is 17.8 Å². The Hall–Kier alpha value is -1.91. The van der Waals surface area contributed by atoms with Crippen LogP contribution in [0.2, 0.25) is 5.02 Å². The molecule has 0 bridgehead atoms. The summed E-state index contributed by atoms with van der Waals surface area (Å²) in [5.74, 6) is -0.212. The molecule has 0 saturated heterocycles. The first-order valence-corrected chi connectivity index (χ1v) is 7.62. The van der Waals surface area contributed by atoms with Crippen LogP contribution in [0.3, 0.4) is 0 Å². The third-order valence-corrected chi connectivity index (χ3v) is 4.01. The lowest BCUT2D eigenvalue weighted by molar-refractivity contribution is 0.579. The van der Waals surface area contributed by atoms with E-state index < -0.39 is 0 Å². The van der Waals surface area contributed by atoms with E-state index in [4.69, 9.17) is 17.3 Å². The Morgan fingerprint density at radius 3 is 2.59 bits per heavy atom. The molecule has 1 aliphatic rings. The first-order valence-electron chi connectivity index (χ1n) is 7.24. The zero-order valence-electron chi connectivity index (χ0n) is 12.0. The summed E-state index contributed by atoms with van der Waals surface area (Å²) in [4.78, 5) is 0. The molecule has 1 aliphatic heterocycles. The van der Waals surface area contributed by atoms with Crippen molar-refractivity contribution in [2.75, 3.05) is 11.6 Å². The van der Waals surface area contributed by atoms with Gasteiger partial charge >= 0.3 is 0 Å². The second kappa shape index (κ2) is 6.46. The van der Waals surface area contributed by atoms with Crippen LogP contribution in [-0.4, -0.2) is 12.3 Å². The zero-order valence-corrected chi connectivity index (χ0v) is 12.8. The van der Waals surface area contributed by atoms with E-state index in [-0.39, 0.29) is 11.9 Å². The number of anilines is 1. The first-order chi connectivity index (χ1) is 10.7. The van der Waals surface area contributed by atoms with Gasteiger partial charge in [-0.2, -0.15) is 5.10 Å². The number of halogens is 2. The highest BCUT2D eigenvalue weighted by Crippen LogP contribution is 2.37. The maximum atomic E-state index is 14.2. The molecule has 0 saturated carbocycles. The minimum Gasteiger partial charge on any atom is -0.330 e. The molecule has 1 heterocycles. The Kier molecular flexibility index (Phi) is 4.41. The van der Waals surface area contributed by atoms with Gasteiger partial charge in [0.15, 0.2) is 0 Å². The molecule has 1 atom stereocenters. The Morgan fingerprint density at radius 1 is 1.18 bits per heavy atom. The third kappa shape index (κ3) is 2.98. The van der Waals surface area contributed by atoms with Crippen LogP contribution in [0.4, 0.5) is 10.1 Å². The molecule has 114 valence electrons. The lowest BCUT2D eigenvalue weighted by atomic mass is 10.00. The summed E-state index contributed by atoms with van der Waals surface area (Å²) in [5, 5.41) is 7.16. The van der Waals surface area contributed by atoms with Crippen molar-refractivity contribution in [2.45, 2.75) is 18.9 Å². The van der Waals surface area contributed by atoms with Gasteiger partial charge < -0.3 is 5.73 Å². The monoisotopic (exact) mass is 317 g/mol. The van der Waals surface area contributed by atoms with E-state index in [1.54, 1.807) is 6.07 Å². The van der Waals surface area contributed by atoms with Crippen molar-refractivity contribution in [1.82, 2.24) is 0 Å². The summed E-state index contributed by atoms with van der Waals surface area (Å²) < 4.78 is 14.2. The van der Waals surface area contributed by atoms with Crippen LogP contribution < -0.4 is 10.7 Å². The molecular formula is C17H17ClFN3. The summed E-state index contributed by atoms with van der Waals surface area (Å²) in [5.41, 5.74) is 8.17. The average Bonchev–Trinajstić information content (AvgIpc) is 2.93. The van der Waals surface area contributed by atoms with Gasteiger partial charge in [0.2, 0.25) is 0 Å². The van der Waals surface area contributed by atoms with Gasteiger partial charge in [-0.25, -0.2) is 4.39 Å². The van der Waals surface area contributed by atoms with Gasteiger partial charge in [-0.05, 0) is 43.3 Å². The zero-order chi connectivity index (χ0) is 15.5. The lowest BCUT2D eigenvalue weighted by Gasteiger charge is -2.24. The summed E-state index contributed by atoms with van der Waals surface area (Å²) in [7, 11) is 0. The van der Waals surface area contributed by atoms with E-state index >= 15 is 0 Å². The Balaban J connectivity index is 1.98. The summed E-state index contributed by atoms with van der Waals surface area (Å²) in [6.45, 7) is 0.539. The van der Waals surface area contributed by atoms with Gasteiger partial charge in [-0.1, -0.05) is 29.8 Å². The number of nitrogens with zero attached hydrogens (tertiary/aromatic N) is 2. The van der Waals surface area contributed by atoms with E-state index in [2.05, 4.69) is 5.10 Å². The molecule has 2 aromatic carbocycles. The fraction of sp³-hybridized carbons (Fsp3) is 0.235. The normalized spacial score (nSPS) is 17.7. The predicted molar refractivity (Wildman–Crippen MR) is 88.8 cm³/mol. The fourth-order valence-corrected chi connectivity index (χ4v) is 2.84. The van der Waals surface area contributed by atoms with Crippen LogP contribution in [0.25, 0.3) is 0 Å². The molecule has 1 unspecified atom stereocenters. The largest absolute Gasteiger partial charge is 0.330 e. The number of rotatable bonds is 4. The summed E-state index contributed by atoms with van der Waals surface area (Å²) in [6, 6.07) is 14.1. The van der Waals surface area contributed by atoms with Crippen LogP contribution in [0.5, 0.6) is 0 Å². The Morgan fingerprint density at radius 2 is 1.91 bits per heavy atom. The Bertz CT molecular complexity index is 685. The van der Waals surface area contributed by atoms with Crippen LogP contribution in [0, 0.1) is 5.82 Å². The number of hydrogen-bond donors (Lipinski definition) is 1. The molecule has 5 heteroatoms. The predicted octanol–water partition coefficient (Wildman–Crippen LogP) is 4.14. The third-order valence-electron chi connectivity index (χ3n) is 3.76. The number of benzene rings is 2. The highest BCUT2D eigenvalue weighted by Gasteiger charge is 2.30. The highest BCUT2D eigenvalue weighted by molar-refractivity contribution is 6.30. The molecule has 0 aromatic heterocycles. The maximum Gasteiger partial charge on any atom is 0.128 e. The molecule has 2 N–H and O–H groups in total. The summed E-state index contributed by atoms with van der Waals surface area (Å²) in [6.07, 6.45) is 1.40. The molecule has 0 spiro atoms. The smallest absolute Gasteiger partial charge is 0.128 e. The highest BCUT2D eigenvalue weighted by atomic mass is 35.5. The number of hydrogen-bond acceptors (Lipinski definition) is 3. The van der Waals surface area contributed by atoms with E-state index in [0.29, 0.717) is 23.6 Å². The second-order valence-electron chi connectivity index (χ2n) is 5.27. The van der Waals surface area contributed by atoms with Crippen molar-refractivity contribution in [3.63, 3.8) is 0 Å². The van der Waals surface area contributed by atoms with Gasteiger partial charge in [0, 0.05) is 22.7 Å². The average molecular weight is 318 g/mol. The van der Waals surface area contributed by atoms with E-state index in [9.17, 15) is 4.39 Å². The van der Waals surface area contributed by atoms with Crippen molar-refractivity contribution in [1.29, 1.82) is 0 Å². The number of hydrazone groups is 1. The molecular weight excluding hydrogens is 301 g/mol. The van der Waals surface area contributed by atoms with Gasteiger partial charge in [-0.3, -0.25) is 5.01 Å². The molecule has 0 fully saturated rings. The van der Waals surface area contributed by atoms with Crippen LogP contribution in [-0.2, 0) is 0 Å². The topological polar surface area (TPSA) is 41.6 Å². The molecule has 0 aliphatic carbocycles. The van der Waals surface area contributed by atoms with Crippen LogP contribution in [0.1, 0.15) is 24.4 Å². The van der Waals surface area contributed by atoms with Crippen molar-refractivity contribution >= 4 is 23.0 Å². The van der Waals surface area contributed by atoms with Crippen LogP contribution >= 0.6 is 11.6 Å².